The lowest BCUT2D eigenvalue weighted by molar-refractivity contribution is -0.870. The summed E-state index contributed by atoms with van der Waals surface area (Å²) in [5.74, 6) is -0.625. The number of phosphoric acid groups is 1. The minimum Gasteiger partial charge on any atom is -0.756 e. The monoisotopic (exact) mass is 733 g/mol. The van der Waals surface area contributed by atoms with Gasteiger partial charge >= 0.3 is 11.9 Å². The molecule has 0 spiro atoms. The van der Waals surface area contributed by atoms with E-state index in [-0.39, 0.29) is 31.8 Å². The Morgan fingerprint density at radius 1 is 0.580 bits per heavy atom. The molecule has 0 rings (SSSR count). The number of esters is 2. The summed E-state index contributed by atoms with van der Waals surface area (Å²) in [6.07, 6.45) is 19.0. The number of likely N-dealkylation sites (N-methyl/N-ethyl adjacent to an activating group) is 1. The Kier molecular flexibility index (Phi) is 30.0. The molecule has 0 aromatic rings. The number of rotatable bonds is 36. The number of unbranched alkanes of at least 4 members (excludes halogenated alkanes) is 16. The van der Waals surface area contributed by atoms with Crippen LogP contribution in [0.3, 0.4) is 0 Å². The van der Waals surface area contributed by atoms with Crippen LogP contribution in [0.5, 0.6) is 0 Å². The molecule has 1 unspecified atom stereocenters. The average molecular weight is 734 g/mol. The number of nitrogens with zero attached hydrogens (tertiary/aromatic N) is 1. The van der Waals surface area contributed by atoms with Gasteiger partial charge in [-0.3, -0.25) is 4.57 Å². The molecule has 0 amide bonds. The second-order valence-corrected chi connectivity index (χ2v) is 15.8. The van der Waals surface area contributed by atoms with Gasteiger partial charge < -0.3 is 37.4 Å². The fourth-order valence-electron chi connectivity index (χ4n) is 4.81. The molecule has 0 aliphatic carbocycles. The quantitative estimate of drug-likeness (QED) is 0.0206. The lowest BCUT2D eigenvalue weighted by Crippen LogP contribution is -2.37. The maximum absolute atomic E-state index is 12.3. The van der Waals surface area contributed by atoms with E-state index in [0.717, 1.165) is 77.0 Å². The minimum atomic E-state index is -4.43. The molecule has 11 nitrogen and oxygen atoms in total. The van der Waals surface area contributed by atoms with Crippen molar-refractivity contribution in [3.05, 3.63) is 24.3 Å². The van der Waals surface area contributed by atoms with Crippen LogP contribution in [0.2, 0.25) is 0 Å². The van der Waals surface area contributed by atoms with Gasteiger partial charge in [0.1, 0.15) is 19.3 Å². The summed E-state index contributed by atoms with van der Waals surface area (Å²) in [6.45, 7) is 13.3. The standard InChI is InChI=1S/C38H72NO10P/c1-34(2)37(40)46-29-24-20-16-12-8-10-14-18-22-27-44-32-36(33-49-50(42,43)48-31-26-39(5,6)7)45-28-23-19-15-11-9-13-17-21-25-30-47-38(41)35(3)4/h36H,1,3,8-33H2,2,4-7H3/t36-/m1/s1. The minimum absolute atomic E-state index is 0.0597. The van der Waals surface area contributed by atoms with Crippen molar-refractivity contribution >= 4 is 19.8 Å². The first kappa shape index (κ1) is 48.4. The van der Waals surface area contributed by atoms with Crippen LogP contribution >= 0.6 is 7.82 Å². The summed E-state index contributed by atoms with van der Waals surface area (Å²) < 4.78 is 45.3. The van der Waals surface area contributed by atoms with Crippen molar-refractivity contribution in [3.63, 3.8) is 0 Å². The number of hydrogen-bond donors (Lipinski definition) is 0. The summed E-state index contributed by atoms with van der Waals surface area (Å²) in [7, 11) is 1.46. The second kappa shape index (κ2) is 31.0. The van der Waals surface area contributed by atoms with E-state index in [9.17, 15) is 19.0 Å². The molecule has 0 fully saturated rings. The first-order chi connectivity index (χ1) is 23.7. The Morgan fingerprint density at radius 3 is 1.36 bits per heavy atom. The molecule has 0 aliphatic rings. The first-order valence-corrected chi connectivity index (χ1v) is 20.4. The van der Waals surface area contributed by atoms with Crippen LogP contribution in [0.1, 0.15) is 129 Å². The molecule has 0 saturated carbocycles. The van der Waals surface area contributed by atoms with Gasteiger partial charge in [-0.25, -0.2) is 9.59 Å². The molecule has 50 heavy (non-hydrogen) atoms. The zero-order valence-corrected chi connectivity index (χ0v) is 33.2. The third kappa shape index (κ3) is 33.5. The van der Waals surface area contributed by atoms with E-state index in [0.29, 0.717) is 48.6 Å². The molecule has 0 aromatic heterocycles. The lowest BCUT2D eigenvalue weighted by Gasteiger charge is -2.28. The van der Waals surface area contributed by atoms with E-state index in [1.807, 2.05) is 21.1 Å². The Labute approximate surface area is 304 Å². The Hall–Kier alpha value is -1.59. The SMILES string of the molecule is C=C(C)C(=O)OCCCCCCCCCCCOC[C@H](COP(=O)([O-])OCC[N+](C)(C)C)OCCCCCCCCCCCOC(=O)C(=C)C. The number of carbonyl (C=O) groups excluding carboxylic acids is 2. The van der Waals surface area contributed by atoms with Crippen molar-refractivity contribution in [1.82, 2.24) is 0 Å². The predicted octanol–water partition coefficient (Wildman–Crippen LogP) is 7.86. The summed E-state index contributed by atoms with van der Waals surface area (Å²) in [4.78, 5) is 35.1. The molecule has 0 aliphatic heterocycles. The highest BCUT2D eigenvalue weighted by molar-refractivity contribution is 7.45. The summed E-state index contributed by atoms with van der Waals surface area (Å²) in [5.41, 5.74) is 0.878. The van der Waals surface area contributed by atoms with Crippen LogP contribution < -0.4 is 4.89 Å². The highest BCUT2D eigenvalue weighted by Crippen LogP contribution is 2.38. The van der Waals surface area contributed by atoms with Crippen molar-refractivity contribution in [1.29, 1.82) is 0 Å². The smallest absolute Gasteiger partial charge is 0.333 e. The highest BCUT2D eigenvalue weighted by atomic mass is 31.2. The third-order valence-corrected chi connectivity index (χ3v) is 8.94. The lowest BCUT2D eigenvalue weighted by atomic mass is 10.1. The summed E-state index contributed by atoms with van der Waals surface area (Å²) >= 11 is 0. The van der Waals surface area contributed by atoms with Crippen LogP contribution in [0, 0.1) is 0 Å². The van der Waals surface area contributed by atoms with Crippen LogP contribution in [-0.2, 0) is 42.1 Å². The fourth-order valence-corrected chi connectivity index (χ4v) is 5.54. The molecular weight excluding hydrogens is 661 g/mol. The van der Waals surface area contributed by atoms with Gasteiger partial charge in [-0.05, 0) is 39.5 Å². The Balaban J connectivity index is 4.15. The molecule has 294 valence electrons. The van der Waals surface area contributed by atoms with Gasteiger partial charge in [-0.15, -0.1) is 0 Å². The molecule has 12 heteroatoms. The number of hydrogen-bond acceptors (Lipinski definition) is 10. The highest BCUT2D eigenvalue weighted by Gasteiger charge is 2.18. The number of phosphoric ester groups is 1. The van der Waals surface area contributed by atoms with Crippen molar-refractivity contribution in [3.8, 4) is 0 Å². The Bertz CT molecular complexity index is 952. The van der Waals surface area contributed by atoms with E-state index in [2.05, 4.69) is 13.2 Å². The molecule has 0 aromatic carbocycles. The summed E-state index contributed by atoms with van der Waals surface area (Å²) in [6, 6.07) is 0. The first-order valence-electron chi connectivity index (χ1n) is 19.0. The number of quaternary nitrogens is 1. The van der Waals surface area contributed by atoms with Crippen molar-refractivity contribution < 1.29 is 51.5 Å². The zero-order chi connectivity index (χ0) is 37.5. The predicted molar refractivity (Wildman–Crippen MR) is 198 cm³/mol. The van der Waals surface area contributed by atoms with Gasteiger partial charge in [0.05, 0.1) is 47.6 Å². The van der Waals surface area contributed by atoms with Gasteiger partial charge in [-0.2, -0.15) is 0 Å². The van der Waals surface area contributed by atoms with Gasteiger partial charge in [0.25, 0.3) is 7.82 Å². The maximum atomic E-state index is 12.3. The second-order valence-electron chi connectivity index (χ2n) is 14.4. The normalized spacial score (nSPS) is 13.5. The van der Waals surface area contributed by atoms with Gasteiger partial charge in [0, 0.05) is 24.4 Å². The van der Waals surface area contributed by atoms with Crippen LogP contribution in [0.15, 0.2) is 24.3 Å². The summed E-state index contributed by atoms with van der Waals surface area (Å²) in [5, 5.41) is 0. The molecule has 0 bridgehead atoms. The third-order valence-electron chi connectivity index (χ3n) is 7.97. The van der Waals surface area contributed by atoms with Crippen molar-refractivity contribution in [2.24, 2.45) is 0 Å². The molecule has 0 radical (unpaired) electrons. The van der Waals surface area contributed by atoms with E-state index < -0.39 is 13.9 Å². The van der Waals surface area contributed by atoms with E-state index in [1.54, 1.807) is 13.8 Å². The molecular formula is C38H72NO10P. The molecule has 0 N–H and O–H groups in total. The Morgan fingerprint density at radius 2 is 0.960 bits per heavy atom. The topological polar surface area (TPSA) is 130 Å². The average Bonchev–Trinajstić information content (AvgIpc) is 3.04. The van der Waals surface area contributed by atoms with Crippen molar-refractivity contribution in [2.45, 2.75) is 136 Å². The van der Waals surface area contributed by atoms with Crippen LogP contribution in [0.25, 0.3) is 0 Å². The number of ether oxygens (including phenoxy) is 4. The maximum Gasteiger partial charge on any atom is 0.333 e. The fraction of sp³-hybridized carbons (Fsp3) is 0.842. The van der Waals surface area contributed by atoms with Gasteiger partial charge in [-0.1, -0.05) is 103 Å². The molecule has 0 saturated heterocycles. The van der Waals surface area contributed by atoms with E-state index >= 15 is 0 Å². The largest absolute Gasteiger partial charge is 0.756 e. The van der Waals surface area contributed by atoms with Crippen molar-refractivity contribution in [2.75, 3.05) is 73.9 Å². The van der Waals surface area contributed by atoms with Crippen LogP contribution in [0.4, 0.5) is 0 Å². The molecule has 2 atom stereocenters. The number of carbonyl (C=O) groups is 2. The van der Waals surface area contributed by atoms with E-state index in [4.69, 9.17) is 28.0 Å². The molecule has 0 heterocycles. The van der Waals surface area contributed by atoms with E-state index in [1.165, 1.54) is 38.5 Å². The van der Waals surface area contributed by atoms with Crippen LogP contribution in [-0.4, -0.2) is 96.5 Å². The van der Waals surface area contributed by atoms with Gasteiger partial charge in [0.15, 0.2) is 0 Å². The zero-order valence-electron chi connectivity index (χ0n) is 32.4. The van der Waals surface area contributed by atoms with Gasteiger partial charge in [0.2, 0.25) is 0 Å².